The molecular formula is C19H29NO4. The lowest BCUT2D eigenvalue weighted by molar-refractivity contribution is 0.0135. The normalized spacial score (nSPS) is 24.0. The maximum absolute atomic E-state index is 12.7. The fraction of sp³-hybridized carbons (Fsp3) is 0.632. The van der Waals surface area contributed by atoms with E-state index in [1.54, 1.807) is 4.90 Å². The van der Waals surface area contributed by atoms with Crippen molar-refractivity contribution in [2.45, 2.75) is 51.8 Å². The number of aliphatic hydroxyl groups excluding tert-OH is 2. The summed E-state index contributed by atoms with van der Waals surface area (Å²) in [4.78, 5) is 14.5. The van der Waals surface area contributed by atoms with Crippen LogP contribution in [0.1, 0.15) is 39.2 Å². The molecular weight excluding hydrogens is 306 g/mol. The molecule has 0 heterocycles. The van der Waals surface area contributed by atoms with Crippen molar-refractivity contribution in [3.63, 3.8) is 0 Å². The molecule has 5 heteroatoms. The van der Waals surface area contributed by atoms with Gasteiger partial charge in [0, 0.05) is 25.8 Å². The van der Waals surface area contributed by atoms with E-state index < -0.39 is 5.60 Å². The third-order valence-corrected chi connectivity index (χ3v) is 4.55. The average Bonchev–Trinajstić information content (AvgIpc) is 2.95. The third-order valence-electron chi connectivity index (χ3n) is 4.55. The van der Waals surface area contributed by atoms with Crippen LogP contribution in [0.4, 0.5) is 4.79 Å². The van der Waals surface area contributed by atoms with Crippen molar-refractivity contribution in [3.8, 4) is 0 Å². The van der Waals surface area contributed by atoms with Crippen LogP contribution < -0.4 is 0 Å². The maximum atomic E-state index is 12.7. The molecule has 1 aliphatic rings. The number of carbonyl (C=O) groups is 1. The van der Waals surface area contributed by atoms with Gasteiger partial charge in [0.1, 0.15) is 5.60 Å². The Morgan fingerprint density at radius 2 is 1.67 bits per heavy atom. The van der Waals surface area contributed by atoms with Gasteiger partial charge in [-0.2, -0.15) is 0 Å². The summed E-state index contributed by atoms with van der Waals surface area (Å²) in [5.41, 5.74) is 0.480. The van der Waals surface area contributed by atoms with Crippen molar-refractivity contribution in [1.82, 2.24) is 4.90 Å². The summed E-state index contributed by atoms with van der Waals surface area (Å²) < 4.78 is 5.58. The fourth-order valence-electron chi connectivity index (χ4n) is 3.33. The van der Waals surface area contributed by atoms with Crippen molar-refractivity contribution in [1.29, 1.82) is 0 Å². The summed E-state index contributed by atoms with van der Waals surface area (Å²) in [7, 11) is 0. The molecule has 0 radical (unpaired) electrons. The molecule has 1 aromatic carbocycles. The lowest BCUT2D eigenvalue weighted by atomic mass is 9.98. The summed E-state index contributed by atoms with van der Waals surface area (Å²) in [5.74, 6) is 0.0569. The van der Waals surface area contributed by atoms with Gasteiger partial charge in [-0.3, -0.25) is 0 Å². The van der Waals surface area contributed by atoms with Crippen LogP contribution in [0.15, 0.2) is 30.3 Å². The molecule has 2 unspecified atom stereocenters. The molecule has 24 heavy (non-hydrogen) atoms. The quantitative estimate of drug-likeness (QED) is 0.868. The van der Waals surface area contributed by atoms with E-state index in [1.165, 1.54) is 0 Å². The van der Waals surface area contributed by atoms with Gasteiger partial charge in [0.25, 0.3) is 0 Å². The molecule has 1 aromatic rings. The number of carbonyl (C=O) groups excluding carboxylic acids is 1. The summed E-state index contributed by atoms with van der Waals surface area (Å²) in [5, 5.41) is 19.1. The number of nitrogens with zero attached hydrogens (tertiary/aromatic N) is 1. The van der Waals surface area contributed by atoms with E-state index in [9.17, 15) is 15.0 Å². The Labute approximate surface area is 144 Å². The van der Waals surface area contributed by atoms with Crippen LogP contribution in [-0.4, -0.2) is 46.1 Å². The minimum absolute atomic E-state index is 0.0284. The van der Waals surface area contributed by atoms with E-state index in [2.05, 4.69) is 0 Å². The number of rotatable bonds is 5. The standard InChI is InChI=1S/C19H29NO4/c1-19(2,3)24-18(23)20(11-14-7-5-4-6-8-14)17-9-15(12-21)16(10-17)13-22/h4-8,15-17,21-22H,9-13H2,1-3H3. The molecule has 0 aromatic heterocycles. The van der Waals surface area contributed by atoms with Crippen LogP contribution in [0.5, 0.6) is 0 Å². The smallest absolute Gasteiger partial charge is 0.410 e. The number of hydrogen-bond acceptors (Lipinski definition) is 4. The lowest BCUT2D eigenvalue weighted by Gasteiger charge is -2.32. The highest BCUT2D eigenvalue weighted by Gasteiger charge is 2.39. The van der Waals surface area contributed by atoms with E-state index in [0.29, 0.717) is 19.4 Å². The van der Waals surface area contributed by atoms with Crippen LogP contribution in [0.25, 0.3) is 0 Å². The molecule has 5 nitrogen and oxygen atoms in total. The van der Waals surface area contributed by atoms with Gasteiger partial charge < -0.3 is 19.8 Å². The monoisotopic (exact) mass is 335 g/mol. The zero-order valence-corrected chi connectivity index (χ0v) is 14.8. The van der Waals surface area contributed by atoms with Gasteiger partial charge in [-0.15, -0.1) is 0 Å². The predicted octanol–water partition coefficient (Wildman–Crippen LogP) is 2.80. The van der Waals surface area contributed by atoms with E-state index in [0.717, 1.165) is 5.56 Å². The van der Waals surface area contributed by atoms with Gasteiger partial charge in [-0.25, -0.2) is 4.79 Å². The minimum atomic E-state index is -0.558. The fourth-order valence-corrected chi connectivity index (χ4v) is 3.33. The molecule has 1 fully saturated rings. The molecule has 2 rings (SSSR count). The van der Waals surface area contributed by atoms with E-state index >= 15 is 0 Å². The average molecular weight is 335 g/mol. The highest BCUT2D eigenvalue weighted by Crippen LogP contribution is 2.35. The first-order valence-electron chi connectivity index (χ1n) is 8.59. The van der Waals surface area contributed by atoms with Crippen molar-refractivity contribution in [2.75, 3.05) is 13.2 Å². The highest BCUT2D eigenvalue weighted by atomic mass is 16.6. The summed E-state index contributed by atoms with van der Waals surface area (Å²) in [6, 6.07) is 9.78. The third kappa shape index (κ3) is 4.95. The number of ether oxygens (including phenoxy) is 1. The molecule has 0 bridgehead atoms. The Balaban J connectivity index is 2.18. The number of amides is 1. The number of benzene rings is 1. The van der Waals surface area contributed by atoms with Gasteiger partial charge in [-0.05, 0) is 51.0 Å². The first-order valence-corrected chi connectivity index (χ1v) is 8.59. The molecule has 1 amide bonds. The SMILES string of the molecule is CC(C)(C)OC(=O)N(Cc1ccccc1)C1CC(CO)C(CO)C1. The lowest BCUT2D eigenvalue weighted by Crippen LogP contribution is -2.42. The number of aliphatic hydroxyl groups is 2. The Bertz CT molecular complexity index is 514. The molecule has 2 atom stereocenters. The molecule has 0 aliphatic heterocycles. The highest BCUT2D eigenvalue weighted by molar-refractivity contribution is 5.68. The van der Waals surface area contributed by atoms with Gasteiger partial charge in [0.2, 0.25) is 0 Å². The Hall–Kier alpha value is -1.59. The van der Waals surface area contributed by atoms with E-state index in [1.807, 2.05) is 51.1 Å². The van der Waals surface area contributed by atoms with Crippen LogP contribution in [0.2, 0.25) is 0 Å². The van der Waals surface area contributed by atoms with Crippen molar-refractivity contribution in [3.05, 3.63) is 35.9 Å². The second-order valence-electron chi connectivity index (χ2n) is 7.60. The maximum Gasteiger partial charge on any atom is 0.410 e. The Kier molecular flexibility index (Phi) is 6.24. The van der Waals surface area contributed by atoms with Crippen LogP contribution in [0.3, 0.4) is 0 Å². The molecule has 0 saturated heterocycles. The molecule has 1 saturated carbocycles. The van der Waals surface area contributed by atoms with Crippen LogP contribution in [-0.2, 0) is 11.3 Å². The minimum Gasteiger partial charge on any atom is -0.444 e. The predicted molar refractivity (Wildman–Crippen MR) is 92.4 cm³/mol. The second kappa shape index (κ2) is 7.99. The van der Waals surface area contributed by atoms with Gasteiger partial charge in [0.05, 0.1) is 0 Å². The van der Waals surface area contributed by atoms with E-state index in [-0.39, 0.29) is 37.2 Å². The summed E-state index contributed by atoms with van der Waals surface area (Å²) in [6.07, 6.45) is 1.04. The summed E-state index contributed by atoms with van der Waals surface area (Å²) >= 11 is 0. The molecule has 0 spiro atoms. The number of hydrogen-bond donors (Lipinski definition) is 2. The van der Waals surface area contributed by atoms with Gasteiger partial charge >= 0.3 is 6.09 Å². The topological polar surface area (TPSA) is 70.0 Å². The van der Waals surface area contributed by atoms with Crippen molar-refractivity contribution < 1.29 is 19.7 Å². The second-order valence-corrected chi connectivity index (χ2v) is 7.60. The van der Waals surface area contributed by atoms with Gasteiger partial charge in [0.15, 0.2) is 0 Å². The largest absolute Gasteiger partial charge is 0.444 e. The Morgan fingerprint density at radius 1 is 1.12 bits per heavy atom. The van der Waals surface area contributed by atoms with E-state index in [4.69, 9.17) is 4.74 Å². The van der Waals surface area contributed by atoms with Crippen LogP contribution >= 0.6 is 0 Å². The zero-order valence-electron chi connectivity index (χ0n) is 14.8. The zero-order chi connectivity index (χ0) is 17.7. The Morgan fingerprint density at radius 3 is 2.12 bits per heavy atom. The molecule has 2 N–H and O–H groups in total. The first kappa shape index (κ1) is 18.7. The first-order chi connectivity index (χ1) is 11.3. The van der Waals surface area contributed by atoms with Gasteiger partial charge in [-0.1, -0.05) is 30.3 Å². The molecule has 134 valence electrons. The van der Waals surface area contributed by atoms with Crippen molar-refractivity contribution >= 4 is 6.09 Å². The molecule has 1 aliphatic carbocycles. The van der Waals surface area contributed by atoms with Crippen LogP contribution in [0, 0.1) is 11.8 Å². The van der Waals surface area contributed by atoms with Crippen molar-refractivity contribution in [2.24, 2.45) is 11.8 Å². The summed E-state index contributed by atoms with van der Waals surface area (Å²) in [6.45, 7) is 6.11.